The van der Waals surface area contributed by atoms with Gasteiger partial charge in [-0.1, -0.05) is 6.07 Å². The van der Waals surface area contributed by atoms with E-state index in [1.54, 1.807) is 6.07 Å². The summed E-state index contributed by atoms with van der Waals surface area (Å²) in [5.74, 6) is 0.0122. The molecule has 0 atom stereocenters. The molecular formula is C13H10N4O6S. The second-order valence-electron chi connectivity index (χ2n) is 4.64. The lowest BCUT2D eigenvalue weighted by atomic mass is 10.2. The number of nitro benzene ring substituents is 1. The number of ether oxygens (including phenoxy) is 1. The molecule has 24 heavy (non-hydrogen) atoms. The van der Waals surface area contributed by atoms with E-state index in [4.69, 9.17) is 4.74 Å². The standard InChI is InChI=1S/C13H10N4O6S/c1-22-11-7-8(17(18)19)5-6-9(11)16-24(20,21)12-4-2-3-10-13(12)15-23-14-10/h2-7,16H,1H3. The maximum atomic E-state index is 12.6. The molecule has 0 amide bonds. The van der Waals surface area contributed by atoms with Crippen molar-refractivity contribution in [2.75, 3.05) is 11.8 Å². The Morgan fingerprint density at radius 2 is 2.04 bits per heavy atom. The molecule has 0 unspecified atom stereocenters. The number of methoxy groups -OCH3 is 1. The Hall–Kier alpha value is -3.21. The van der Waals surface area contributed by atoms with Crippen molar-refractivity contribution in [2.45, 2.75) is 4.90 Å². The highest BCUT2D eigenvalue weighted by Gasteiger charge is 2.22. The largest absolute Gasteiger partial charge is 0.494 e. The molecule has 0 saturated heterocycles. The minimum atomic E-state index is -4.04. The fourth-order valence-corrected chi connectivity index (χ4v) is 3.30. The lowest BCUT2D eigenvalue weighted by Crippen LogP contribution is -2.14. The number of sulfonamides is 1. The summed E-state index contributed by atoms with van der Waals surface area (Å²) in [5, 5.41) is 18.0. The Balaban J connectivity index is 2.04. The van der Waals surface area contributed by atoms with E-state index >= 15 is 0 Å². The molecule has 3 aromatic rings. The number of rotatable bonds is 5. The third kappa shape index (κ3) is 2.72. The van der Waals surface area contributed by atoms with Gasteiger partial charge >= 0.3 is 0 Å². The van der Waals surface area contributed by atoms with Gasteiger partial charge in [0.1, 0.15) is 16.2 Å². The van der Waals surface area contributed by atoms with Gasteiger partial charge in [0.05, 0.1) is 23.8 Å². The molecule has 0 fully saturated rings. The summed E-state index contributed by atoms with van der Waals surface area (Å²) < 4.78 is 37.1. The van der Waals surface area contributed by atoms with Crippen LogP contribution in [0.5, 0.6) is 5.75 Å². The van der Waals surface area contributed by atoms with Gasteiger partial charge < -0.3 is 4.74 Å². The van der Waals surface area contributed by atoms with Crippen LogP contribution in [0.1, 0.15) is 0 Å². The van der Waals surface area contributed by atoms with Gasteiger partial charge in [0.25, 0.3) is 15.7 Å². The average Bonchev–Trinajstić information content (AvgIpc) is 3.03. The number of hydrogen-bond acceptors (Lipinski definition) is 8. The van der Waals surface area contributed by atoms with Crippen molar-refractivity contribution < 1.29 is 22.7 Å². The molecule has 0 aliphatic carbocycles. The fraction of sp³-hybridized carbons (Fsp3) is 0.0769. The first-order valence-corrected chi connectivity index (χ1v) is 7.97. The first-order chi connectivity index (χ1) is 11.4. The average molecular weight is 350 g/mol. The van der Waals surface area contributed by atoms with Crippen LogP contribution in [0, 0.1) is 10.1 Å². The molecule has 0 aliphatic heterocycles. The number of nitrogens with one attached hydrogen (secondary N) is 1. The molecule has 0 saturated carbocycles. The van der Waals surface area contributed by atoms with Crippen LogP contribution in [-0.2, 0) is 10.0 Å². The van der Waals surface area contributed by atoms with E-state index in [2.05, 4.69) is 19.7 Å². The van der Waals surface area contributed by atoms with Crippen LogP contribution >= 0.6 is 0 Å². The second kappa shape index (κ2) is 5.77. The molecule has 0 spiro atoms. The lowest BCUT2D eigenvalue weighted by molar-refractivity contribution is -0.384. The van der Waals surface area contributed by atoms with Crippen LogP contribution in [0.25, 0.3) is 11.0 Å². The molecular weight excluding hydrogens is 340 g/mol. The van der Waals surface area contributed by atoms with Gasteiger partial charge in [0, 0.05) is 6.07 Å². The van der Waals surface area contributed by atoms with Gasteiger partial charge in [-0.2, -0.15) is 0 Å². The smallest absolute Gasteiger partial charge is 0.273 e. The van der Waals surface area contributed by atoms with E-state index < -0.39 is 14.9 Å². The van der Waals surface area contributed by atoms with Crippen LogP contribution in [0.2, 0.25) is 0 Å². The van der Waals surface area contributed by atoms with Crippen LogP contribution in [-0.4, -0.2) is 30.8 Å². The van der Waals surface area contributed by atoms with Crippen LogP contribution in [0.3, 0.4) is 0 Å². The van der Waals surface area contributed by atoms with Crippen molar-refractivity contribution in [3.63, 3.8) is 0 Å². The Morgan fingerprint density at radius 3 is 2.75 bits per heavy atom. The summed E-state index contributed by atoms with van der Waals surface area (Å²) in [6.07, 6.45) is 0. The Kier molecular flexibility index (Phi) is 3.77. The SMILES string of the molecule is COc1cc([N+](=O)[O-])ccc1NS(=O)(=O)c1cccc2nonc12. The highest BCUT2D eigenvalue weighted by atomic mass is 32.2. The lowest BCUT2D eigenvalue weighted by Gasteiger charge is -2.11. The Morgan fingerprint density at radius 1 is 1.25 bits per heavy atom. The number of nitrogens with zero attached hydrogens (tertiary/aromatic N) is 3. The summed E-state index contributed by atoms with van der Waals surface area (Å²) >= 11 is 0. The van der Waals surface area contributed by atoms with Gasteiger partial charge in [0.15, 0.2) is 5.52 Å². The number of hydrogen-bond donors (Lipinski definition) is 1. The highest BCUT2D eigenvalue weighted by Crippen LogP contribution is 2.31. The van der Waals surface area contributed by atoms with Crippen LogP contribution in [0.4, 0.5) is 11.4 Å². The first-order valence-electron chi connectivity index (χ1n) is 6.49. The van der Waals surface area contributed by atoms with E-state index in [1.807, 2.05) is 0 Å². The number of nitro groups is 1. The third-order valence-corrected chi connectivity index (χ3v) is 4.58. The number of benzene rings is 2. The topological polar surface area (TPSA) is 137 Å². The molecule has 10 nitrogen and oxygen atoms in total. The summed E-state index contributed by atoms with van der Waals surface area (Å²) in [7, 11) is -2.76. The predicted octanol–water partition coefficient (Wildman–Crippen LogP) is 1.94. The van der Waals surface area contributed by atoms with E-state index in [-0.39, 0.29) is 33.1 Å². The molecule has 1 heterocycles. The van der Waals surface area contributed by atoms with Gasteiger partial charge in [-0.3, -0.25) is 14.8 Å². The molecule has 0 aliphatic rings. The van der Waals surface area contributed by atoms with Gasteiger partial charge in [-0.25, -0.2) is 13.0 Å². The minimum Gasteiger partial charge on any atom is -0.494 e. The van der Waals surface area contributed by atoms with E-state index in [1.165, 1.54) is 31.4 Å². The normalized spacial score (nSPS) is 11.4. The minimum absolute atomic E-state index is 0.0122. The van der Waals surface area contributed by atoms with Crippen molar-refractivity contribution in [3.05, 3.63) is 46.5 Å². The van der Waals surface area contributed by atoms with Crippen LogP contribution < -0.4 is 9.46 Å². The Labute approximate surface area is 135 Å². The quantitative estimate of drug-likeness (QED) is 0.544. The fourth-order valence-electron chi connectivity index (χ4n) is 2.08. The summed E-state index contributed by atoms with van der Waals surface area (Å²) in [5.41, 5.74) is 0.188. The van der Waals surface area contributed by atoms with Crippen molar-refractivity contribution in [1.82, 2.24) is 10.3 Å². The monoisotopic (exact) mass is 350 g/mol. The van der Waals surface area contributed by atoms with Gasteiger partial charge in [-0.05, 0) is 28.5 Å². The predicted molar refractivity (Wildman–Crippen MR) is 82.3 cm³/mol. The molecule has 11 heteroatoms. The van der Waals surface area contributed by atoms with E-state index in [0.29, 0.717) is 0 Å². The number of aromatic nitrogens is 2. The first kappa shape index (κ1) is 15.7. The van der Waals surface area contributed by atoms with Gasteiger partial charge in [0.2, 0.25) is 0 Å². The molecule has 2 aromatic carbocycles. The zero-order valence-corrected chi connectivity index (χ0v) is 13.0. The van der Waals surface area contributed by atoms with E-state index in [0.717, 1.165) is 6.07 Å². The molecule has 0 radical (unpaired) electrons. The zero-order valence-electron chi connectivity index (χ0n) is 12.2. The molecule has 1 N–H and O–H groups in total. The second-order valence-corrected chi connectivity index (χ2v) is 6.29. The number of anilines is 1. The summed E-state index contributed by atoms with van der Waals surface area (Å²) in [4.78, 5) is 10.0. The van der Waals surface area contributed by atoms with Crippen molar-refractivity contribution >= 4 is 32.4 Å². The maximum absolute atomic E-state index is 12.6. The molecule has 3 rings (SSSR count). The molecule has 1 aromatic heterocycles. The van der Waals surface area contributed by atoms with Crippen LogP contribution in [0.15, 0.2) is 45.9 Å². The third-order valence-electron chi connectivity index (χ3n) is 3.18. The van der Waals surface area contributed by atoms with Gasteiger partial charge in [-0.15, -0.1) is 0 Å². The molecule has 124 valence electrons. The number of fused-ring (bicyclic) bond motifs is 1. The number of non-ortho nitro benzene ring substituents is 1. The Bertz CT molecular complexity index is 1030. The van der Waals surface area contributed by atoms with Crippen molar-refractivity contribution in [3.8, 4) is 5.75 Å². The highest BCUT2D eigenvalue weighted by molar-refractivity contribution is 7.93. The van der Waals surface area contributed by atoms with Crippen molar-refractivity contribution in [1.29, 1.82) is 0 Å². The summed E-state index contributed by atoms with van der Waals surface area (Å²) in [6, 6.07) is 7.92. The maximum Gasteiger partial charge on any atom is 0.273 e. The summed E-state index contributed by atoms with van der Waals surface area (Å²) in [6.45, 7) is 0. The van der Waals surface area contributed by atoms with E-state index in [9.17, 15) is 18.5 Å². The molecule has 0 bridgehead atoms. The zero-order chi connectivity index (χ0) is 17.3. The van der Waals surface area contributed by atoms with Crippen molar-refractivity contribution in [2.24, 2.45) is 0 Å².